The summed E-state index contributed by atoms with van der Waals surface area (Å²) in [6, 6.07) is 12.4. The Hall–Kier alpha value is -2.75. The summed E-state index contributed by atoms with van der Waals surface area (Å²) in [5.74, 6) is 0. The molecule has 4 heteroatoms. The number of pyridine rings is 1. The zero-order valence-electron chi connectivity index (χ0n) is 10.9. The molecule has 1 N–H and O–H groups in total. The first-order valence-electron chi connectivity index (χ1n) is 6.40. The Morgan fingerprint density at radius 2 is 1.35 bits per heavy atom. The molecule has 0 aliphatic rings. The normalized spacial score (nSPS) is 10.2. The average molecular weight is 262 g/mol. The summed E-state index contributed by atoms with van der Waals surface area (Å²) in [5.41, 5.74) is 4.44. The second kappa shape index (κ2) is 5.93. The highest BCUT2D eigenvalue weighted by Gasteiger charge is 1.98. The highest BCUT2D eigenvalue weighted by Crippen LogP contribution is 2.16. The molecule has 1 aromatic carbocycles. The van der Waals surface area contributed by atoms with Crippen LogP contribution in [0.2, 0.25) is 0 Å². The quantitative estimate of drug-likeness (QED) is 0.784. The van der Waals surface area contributed by atoms with Gasteiger partial charge in [0.25, 0.3) is 0 Å². The molecule has 2 heterocycles. The standard InChI is InChI=1S/C16H14N4/c1-3-15(20-16-10-18-12-19-11-16)4-2-13(1)9-14-5-7-17-8-6-14/h1-8,10-12,20H,9H2. The van der Waals surface area contributed by atoms with E-state index < -0.39 is 0 Å². The van der Waals surface area contributed by atoms with Crippen LogP contribution in [0, 0.1) is 0 Å². The van der Waals surface area contributed by atoms with E-state index in [1.165, 1.54) is 17.5 Å². The molecule has 0 atom stereocenters. The predicted octanol–water partition coefficient (Wildman–Crippen LogP) is 3.21. The fraction of sp³-hybridized carbons (Fsp3) is 0.0625. The Balaban J connectivity index is 1.69. The summed E-state index contributed by atoms with van der Waals surface area (Å²) in [6.45, 7) is 0. The third kappa shape index (κ3) is 3.17. The van der Waals surface area contributed by atoms with Gasteiger partial charge in [-0.1, -0.05) is 12.1 Å². The molecule has 0 spiro atoms. The smallest absolute Gasteiger partial charge is 0.115 e. The topological polar surface area (TPSA) is 50.7 Å². The van der Waals surface area contributed by atoms with E-state index in [-0.39, 0.29) is 0 Å². The van der Waals surface area contributed by atoms with Gasteiger partial charge in [0.2, 0.25) is 0 Å². The second-order valence-electron chi connectivity index (χ2n) is 4.48. The van der Waals surface area contributed by atoms with Crippen LogP contribution >= 0.6 is 0 Å². The molecule has 0 unspecified atom stereocenters. The minimum atomic E-state index is 0.884. The first-order chi connectivity index (χ1) is 9.90. The van der Waals surface area contributed by atoms with Crippen LogP contribution in [0.4, 0.5) is 11.4 Å². The molecule has 0 aliphatic carbocycles. The molecule has 3 rings (SSSR count). The van der Waals surface area contributed by atoms with Gasteiger partial charge in [-0.05, 0) is 41.8 Å². The van der Waals surface area contributed by atoms with Crippen molar-refractivity contribution in [2.45, 2.75) is 6.42 Å². The van der Waals surface area contributed by atoms with Gasteiger partial charge in [0.15, 0.2) is 0 Å². The molecule has 0 saturated carbocycles. The van der Waals surface area contributed by atoms with E-state index in [1.807, 2.05) is 24.5 Å². The zero-order valence-corrected chi connectivity index (χ0v) is 10.9. The summed E-state index contributed by atoms with van der Waals surface area (Å²) in [7, 11) is 0. The van der Waals surface area contributed by atoms with Crippen molar-refractivity contribution in [3.63, 3.8) is 0 Å². The Kier molecular flexibility index (Phi) is 3.64. The van der Waals surface area contributed by atoms with Crippen molar-refractivity contribution in [3.8, 4) is 0 Å². The number of hydrogen-bond donors (Lipinski definition) is 1. The van der Waals surface area contributed by atoms with Gasteiger partial charge >= 0.3 is 0 Å². The molecular weight excluding hydrogens is 248 g/mol. The molecule has 20 heavy (non-hydrogen) atoms. The Bertz CT molecular complexity index is 591. The summed E-state index contributed by atoms with van der Waals surface area (Å²) >= 11 is 0. The van der Waals surface area contributed by atoms with Gasteiger partial charge in [0.05, 0.1) is 18.1 Å². The van der Waals surface area contributed by atoms with Crippen molar-refractivity contribution < 1.29 is 0 Å². The number of rotatable bonds is 4. The van der Waals surface area contributed by atoms with Crippen molar-refractivity contribution >= 4 is 11.4 Å². The average Bonchev–Trinajstić information content (AvgIpc) is 2.51. The lowest BCUT2D eigenvalue weighted by molar-refractivity contribution is 1.16. The van der Waals surface area contributed by atoms with Crippen molar-refractivity contribution in [3.05, 3.63) is 78.6 Å². The highest BCUT2D eigenvalue weighted by molar-refractivity contribution is 5.58. The molecule has 0 amide bonds. The van der Waals surface area contributed by atoms with E-state index in [0.29, 0.717) is 0 Å². The minimum Gasteiger partial charge on any atom is -0.353 e. The molecule has 4 nitrogen and oxygen atoms in total. The number of nitrogens with one attached hydrogen (secondary N) is 1. The van der Waals surface area contributed by atoms with Gasteiger partial charge in [-0.25, -0.2) is 9.97 Å². The SMILES string of the molecule is c1cc(Cc2ccc(Nc3cncnc3)cc2)ccn1. The summed E-state index contributed by atoms with van der Waals surface area (Å²) in [4.78, 5) is 12.0. The number of anilines is 2. The van der Waals surface area contributed by atoms with Crippen LogP contribution < -0.4 is 5.32 Å². The maximum atomic E-state index is 4.03. The number of benzene rings is 1. The van der Waals surface area contributed by atoms with Gasteiger partial charge in [-0.2, -0.15) is 0 Å². The van der Waals surface area contributed by atoms with Crippen LogP contribution in [0.1, 0.15) is 11.1 Å². The third-order valence-electron chi connectivity index (χ3n) is 2.96. The lowest BCUT2D eigenvalue weighted by Crippen LogP contribution is -1.93. The van der Waals surface area contributed by atoms with Gasteiger partial charge in [-0.3, -0.25) is 4.98 Å². The lowest BCUT2D eigenvalue weighted by atomic mass is 10.1. The summed E-state index contributed by atoms with van der Waals surface area (Å²) in [5, 5.41) is 3.26. The van der Waals surface area contributed by atoms with Crippen LogP contribution in [-0.4, -0.2) is 15.0 Å². The molecule has 0 saturated heterocycles. The third-order valence-corrected chi connectivity index (χ3v) is 2.96. The van der Waals surface area contributed by atoms with E-state index in [4.69, 9.17) is 0 Å². The first-order valence-corrected chi connectivity index (χ1v) is 6.40. The van der Waals surface area contributed by atoms with Crippen LogP contribution in [0.3, 0.4) is 0 Å². The molecule has 0 radical (unpaired) electrons. The number of aromatic nitrogens is 3. The first kappa shape index (κ1) is 12.3. The zero-order chi connectivity index (χ0) is 13.6. The fourth-order valence-electron chi connectivity index (χ4n) is 1.97. The van der Waals surface area contributed by atoms with E-state index in [2.05, 4.69) is 44.5 Å². The van der Waals surface area contributed by atoms with Crippen LogP contribution in [-0.2, 0) is 6.42 Å². The van der Waals surface area contributed by atoms with Crippen LogP contribution in [0.25, 0.3) is 0 Å². The number of nitrogens with zero attached hydrogens (tertiary/aromatic N) is 3. The summed E-state index contributed by atoms with van der Waals surface area (Å²) < 4.78 is 0. The van der Waals surface area contributed by atoms with Gasteiger partial charge in [0, 0.05) is 18.1 Å². The van der Waals surface area contributed by atoms with E-state index in [9.17, 15) is 0 Å². The molecule has 0 fully saturated rings. The highest BCUT2D eigenvalue weighted by atomic mass is 14.9. The molecule has 3 aromatic rings. The van der Waals surface area contributed by atoms with Gasteiger partial charge in [-0.15, -0.1) is 0 Å². The molecule has 2 aromatic heterocycles. The monoisotopic (exact) mass is 262 g/mol. The van der Waals surface area contributed by atoms with Crippen LogP contribution in [0.15, 0.2) is 67.5 Å². The second-order valence-corrected chi connectivity index (χ2v) is 4.48. The van der Waals surface area contributed by atoms with E-state index in [0.717, 1.165) is 17.8 Å². The Labute approximate surface area is 117 Å². The summed E-state index contributed by atoms with van der Waals surface area (Å²) in [6.07, 6.45) is 9.57. The molecular formula is C16H14N4. The van der Waals surface area contributed by atoms with Crippen molar-refractivity contribution in [2.24, 2.45) is 0 Å². The van der Waals surface area contributed by atoms with Crippen LogP contribution in [0.5, 0.6) is 0 Å². The predicted molar refractivity (Wildman–Crippen MR) is 78.8 cm³/mol. The van der Waals surface area contributed by atoms with Gasteiger partial charge in [0.1, 0.15) is 6.33 Å². The van der Waals surface area contributed by atoms with E-state index in [1.54, 1.807) is 12.4 Å². The Morgan fingerprint density at radius 1 is 0.700 bits per heavy atom. The Morgan fingerprint density at radius 3 is 2.05 bits per heavy atom. The molecule has 98 valence electrons. The largest absolute Gasteiger partial charge is 0.353 e. The molecule has 0 aliphatic heterocycles. The minimum absolute atomic E-state index is 0.884. The fourth-order valence-corrected chi connectivity index (χ4v) is 1.97. The van der Waals surface area contributed by atoms with E-state index >= 15 is 0 Å². The van der Waals surface area contributed by atoms with Crippen molar-refractivity contribution in [1.29, 1.82) is 0 Å². The number of hydrogen-bond acceptors (Lipinski definition) is 4. The lowest BCUT2D eigenvalue weighted by Gasteiger charge is -2.07. The van der Waals surface area contributed by atoms with Crippen molar-refractivity contribution in [2.75, 3.05) is 5.32 Å². The maximum Gasteiger partial charge on any atom is 0.115 e. The van der Waals surface area contributed by atoms with Crippen molar-refractivity contribution in [1.82, 2.24) is 15.0 Å². The van der Waals surface area contributed by atoms with Gasteiger partial charge < -0.3 is 5.32 Å². The maximum absolute atomic E-state index is 4.03. The molecule has 0 bridgehead atoms.